The van der Waals surface area contributed by atoms with E-state index in [1.807, 2.05) is 38.2 Å². The van der Waals surface area contributed by atoms with Crippen molar-refractivity contribution in [2.24, 2.45) is 10.9 Å². The zero-order valence-corrected chi connectivity index (χ0v) is 19.0. The van der Waals surface area contributed by atoms with Crippen molar-refractivity contribution in [3.05, 3.63) is 29.3 Å². The maximum Gasteiger partial charge on any atom is 0.193 e. The molecule has 1 aliphatic heterocycles. The predicted octanol–water partition coefficient (Wildman–Crippen LogP) is 4.05. The Morgan fingerprint density at radius 2 is 2.15 bits per heavy atom. The van der Waals surface area contributed by atoms with E-state index in [4.69, 9.17) is 21.1 Å². The van der Waals surface area contributed by atoms with Crippen molar-refractivity contribution in [2.45, 2.75) is 32.3 Å². The van der Waals surface area contributed by atoms with E-state index in [0.717, 1.165) is 37.4 Å². The molecule has 0 radical (unpaired) electrons. The molecular weight excluding hydrogens is 465 g/mol. The van der Waals surface area contributed by atoms with Gasteiger partial charge in [0.1, 0.15) is 11.9 Å². The van der Waals surface area contributed by atoms with Crippen LogP contribution in [0.1, 0.15) is 26.2 Å². The van der Waals surface area contributed by atoms with Crippen LogP contribution in [0.2, 0.25) is 5.02 Å². The molecule has 2 rings (SSSR count). The van der Waals surface area contributed by atoms with E-state index in [1.54, 1.807) is 0 Å². The normalized spacial score (nSPS) is 16.5. The highest BCUT2D eigenvalue weighted by molar-refractivity contribution is 14.0. The van der Waals surface area contributed by atoms with Gasteiger partial charge in [-0.1, -0.05) is 17.7 Å². The molecular formula is C19H31ClIN3O2. The summed E-state index contributed by atoms with van der Waals surface area (Å²) in [5.74, 6) is 2.44. The molecule has 7 heteroatoms. The van der Waals surface area contributed by atoms with Crippen LogP contribution in [0.3, 0.4) is 0 Å². The molecule has 1 saturated heterocycles. The van der Waals surface area contributed by atoms with Crippen LogP contribution in [0.15, 0.2) is 29.3 Å². The van der Waals surface area contributed by atoms with Crippen LogP contribution in [0.25, 0.3) is 0 Å². The van der Waals surface area contributed by atoms with Crippen molar-refractivity contribution < 1.29 is 9.47 Å². The summed E-state index contributed by atoms with van der Waals surface area (Å²) in [5, 5.41) is 4.07. The van der Waals surface area contributed by atoms with Gasteiger partial charge < -0.3 is 19.7 Å². The number of ether oxygens (including phenoxy) is 2. The van der Waals surface area contributed by atoms with E-state index in [1.165, 1.54) is 19.3 Å². The average Bonchev–Trinajstić information content (AvgIpc) is 2.61. The largest absolute Gasteiger partial charge is 0.489 e. The highest BCUT2D eigenvalue weighted by Crippen LogP contribution is 2.19. The van der Waals surface area contributed by atoms with Gasteiger partial charge in [0.2, 0.25) is 0 Å². The fraction of sp³-hybridized carbons (Fsp3) is 0.632. The van der Waals surface area contributed by atoms with E-state index < -0.39 is 0 Å². The Hall–Kier alpha value is -0.730. The van der Waals surface area contributed by atoms with Crippen molar-refractivity contribution in [1.82, 2.24) is 10.2 Å². The lowest BCUT2D eigenvalue weighted by atomic mass is 9.96. The van der Waals surface area contributed by atoms with Crippen molar-refractivity contribution in [2.75, 3.05) is 40.4 Å². The van der Waals surface area contributed by atoms with Crippen molar-refractivity contribution in [3.8, 4) is 5.75 Å². The fourth-order valence-electron chi connectivity index (χ4n) is 2.95. The van der Waals surface area contributed by atoms with Crippen LogP contribution in [-0.4, -0.2) is 57.4 Å². The minimum atomic E-state index is 0. The maximum absolute atomic E-state index is 5.99. The minimum Gasteiger partial charge on any atom is -0.489 e. The van der Waals surface area contributed by atoms with Gasteiger partial charge in [0.25, 0.3) is 0 Å². The number of nitrogens with zero attached hydrogens (tertiary/aromatic N) is 2. The third kappa shape index (κ3) is 8.31. The Morgan fingerprint density at radius 3 is 2.81 bits per heavy atom. The monoisotopic (exact) mass is 495 g/mol. The maximum atomic E-state index is 5.99. The SMILES string of the molecule is CN=C(NCC(C)Oc1cccc(Cl)c1)N(C)CCC1CCOCC1.I. The highest BCUT2D eigenvalue weighted by atomic mass is 127. The van der Waals surface area contributed by atoms with Crippen LogP contribution >= 0.6 is 35.6 Å². The lowest BCUT2D eigenvalue weighted by Crippen LogP contribution is -2.43. The molecule has 1 aromatic rings. The van der Waals surface area contributed by atoms with Gasteiger partial charge in [0.05, 0.1) is 6.54 Å². The zero-order valence-electron chi connectivity index (χ0n) is 15.9. The topological polar surface area (TPSA) is 46.1 Å². The third-order valence-corrected chi connectivity index (χ3v) is 4.70. The Balaban J connectivity index is 0.00000338. The number of guanidine groups is 1. The predicted molar refractivity (Wildman–Crippen MR) is 119 cm³/mol. The molecule has 0 saturated carbocycles. The van der Waals surface area contributed by atoms with Gasteiger partial charge >= 0.3 is 0 Å². The van der Waals surface area contributed by atoms with Gasteiger partial charge in [-0.2, -0.15) is 0 Å². The fourth-order valence-corrected chi connectivity index (χ4v) is 3.13. The van der Waals surface area contributed by atoms with E-state index in [2.05, 4.69) is 22.3 Å². The molecule has 1 atom stereocenters. The molecule has 148 valence electrons. The van der Waals surface area contributed by atoms with Crippen LogP contribution < -0.4 is 10.1 Å². The van der Waals surface area contributed by atoms with Crippen LogP contribution in [-0.2, 0) is 4.74 Å². The van der Waals surface area contributed by atoms with Crippen LogP contribution in [0.5, 0.6) is 5.75 Å². The summed E-state index contributed by atoms with van der Waals surface area (Å²) >= 11 is 5.99. The number of hydrogen-bond donors (Lipinski definition) is 1. The molecule has 1 fully saturated rings. The van der Waals surface area contributed by atoms with Gasteiger partial charge in [-0.05, 0) is 50.3 Å². The highest BCUT2D eigenvalue weighted by Gasteiger charge is 2.16. The van der Waals surface area contributed by atoms with Crippen molar-refractivity contribution in [3.63, 3.8) is 0 Å². The Bertz CT molecular complexity index is 553. The van der Waals surface area contributed by atoms with Crippen LogP contribution in [0.4, 0.5) is 0 Å². The van der Waals surface area contributed by atoms with E-state index in [-0.39, 0.29) is 30.1 Å². The number of halogens is 2. The first-order chi connectivity index (χ1) is 12.1. The lowest BCUT2D eigenvalue weighted by molar-refractivity contribution is 0.0625. The molecule has 0 spiro atoms. The summed E-state index contributed by atoms with van der Waals surface area (Å²) < 4.78 is 11.3. The second-order valence-electron chi connectivity index (χ2n) is 6.58. The minimum absolute atomic E-state index is 0. The van der Waals surface area contributed by atoms with E-state index in [9.17, 15) is 0 Å². The molecule has 1 aromatic carbocycles. The molecule has 0 amide bonds. The number of rotatable bonds is 7. The first-order valence-corrected chi connectivity index (χ1v) is 9.38. The first kappa shape index (κ1) is 23.3. The molecule has 0 aliphatic carbocycles. The molecule has 1 unspecified atom stereocenters. The molecule has 5 nitrogen and oxygen atoms in total. The average molecular weight is 496 g/mol. The van der Waals surface area contributed by atoms with Gasteiger partial charge in [-0.3, -0.25) is 4.99 Å². The number of hydrogen-bond acceptors (Lipinski definition) is 3. The third-order valence-electron chi connectivity index (χ3n) is 4.47. The summed E-state index contributed by atoms with van der Waals surface area (Å²) in [6, 6.07) is 7.47. The Kier molecular flexibility index (Phi) is 11.3. The number of nitrogens with one attached hydrogen (secondary N) is 1. The van der Waals surface area contributed by atoms with Crippen LogP contribution in [0, 0.1) is 5.92 Å². The molecule has 1 N–H and O–H groups in total. The van der Waals surface area contributed by atoms with Gasteiger partial charge in [-0.15, -0.1) is 24.0 Å². The lowest BCUT2D eigenvalue weighted by Gasteiger charge is -2.27. The summed E-state index contributed by atoms with van der Waals surface area (Å²) in [7, 11) is 3.90. The second-order valence-corrected chi connectivity index (χ2v) is 7.02. The van der Waals surface area contributed by atoms with Gasteiger partial charge in [0.15, 0.2) is 5.96 Å². The molecule has 26 heavy (non-hydrogen) atoms. The second kappa shape index (κ2) is 12.6. The van der Waals surface area contributed by atoms with Crippen molar-refractivity contribution >= 4 is 41.5 Å². The number of benzene rings is 1. The van der Waals surface area contributed by atoms with Gasteiger partial charge in [0, 0.05) is 38.9 Å². The first-order valence-electron chi connectivity index (χ1n) is 9.00. The Morgan fingerprint density at radius 1 is 1.42 bits per heavy atom. The smallest absolute Gasteiger partial charge is 0.193 e. The summed E-state index contributed by atoms with van der Waals surface area (Å²) in [5.41, 5.74) is 0. The standard InChI is InChI=1S/C19H30ClN3O2.HI/c1-15(25-18-6-4-5-17(20)13-18)14-22-19(21-2)23(3)10-7-16-8-11-24-12-9-16;/h4-6,13,15-16H,7-12,14H2,1-3H3,(H,21,22);1H. The summed E-state index contributed by atoms with van der Waals surface area (Å²) in [6.45, 7) is 5.51. The summed E-state index contributed by atoms with van der Waals surface area (Å²) in [4.78, 5) is 6.56. The quantitative estimate of drug-likeness (QED) is 0.352. The summed E-state index contributed by atoms with van der Waals surface area (Å²) in [6.07, 6.45) is 3.53. The van der Waals surface area contributed by atoms with Crippen molar-refractivity contribution in [1.29, 1.82) is 0 Å². The van der Waals surface area contributed by atoms with Gasteiger partial charge in [-0.25, -0.2) is 0 Å². The zero-order chi connectivity index (χ0) is 18.1. The molecule has 1 aliphatic rings. The number of aliphatic imine (C=N–C) groups is 1. The van der Waals surface area contributed by atoms with E-state index in [0.29, 0.717) is 11.6 Å². The molecule has 0 aromatic heterocycles. The molecule has 0 bridgehead atoms. The van der Waals surface area contributed by atoms with E-state index >= 15 is 0 Å². The molecule has 1 heterocycles. The Labute approximate surface area is 179 Å².